The highest BCUT2D eigenvalue weighted by molar-refractivity contribution is 7.17. The Bertz CT molecular complexity index is 429. The molecule has 5 heteroatoms. The maximum atomic E-state index is 8.65. The summed E-state index contributed by atoms with van der Waals surface area (Å²) in [6.45, 7) is 1.09. The van der Waals surface area contributed by atoms with Crippen molar-refractivity contribution in [1.29, 1.82) is 0 Å². The maximum Gasteiger partial charge on any atom is 0.147 e. The van der Waals surface area contributed by atoms with Gasteiger partial charge in [-0.05, 0) is 24.3 Å². The van der Waals surface area contributed by atoms with Crippen molar-refractivity contribution in [3.05, 3.63) is 17.8 Å². The minimum Gasteiger partial charge on any atom is -0.396 e. The van der Waals surface area contributed by atoms with Crippen molar-refractivity contribution >= 4 is 27.4 Å². The number of aliphatic hydroxyl groups is 1. The van der Waals surface area contributed by atoms with Crippen molar-refractivity contribution in [2.45, 2.75) is 12.8 Å². The molecule has 0 atom stereocenters. The number of thiophene rings is 1. The van der Waals surface area contributed by atoms with E-state index >= 15 is 0 Å². The number of aromatic nitrogens is 2. The number of fused-ring (bicyclic) bond motifs is 1. The predicted molar refractivity (Wildman–Crippen MR) is 62.2 cm³/mol. The predicted octanol–water partition coefficient (Wildman–Crippen LogP) is 1.88. The van der Waals surface area contributed by atoms with Crippen LogP contribution >= 0.6 is 11.3 Å². The molecule has 80 valence electrons. The van der Waals surface area contributed by atoms with E-state index in [1.54, 1.807) is 17.7 Å². The Labute approximate surface area is 92.0 Å². The largest absolute Gasteiger partial charge is 0.396 e. The van der Waals surface area contributed by atoms with Gasteiger partial charge in [-0.1, -0.05) is 0 Å². The van der Waals surface area contributed by atoms with Crippen molar-refractivity contribution < 1.29 is 5.11 Å². The van der Waals surface area contributed by atoms with Crippen molar-refractivity contribution in [3.63, 3.8) is 0 Å². The summed E-state index contributed by atoms with van der Waals surface area (Å²) in [7, 11) is 0. The summed E-state index contributed by atoms with van der Waals surface area (Å²) in [5.74, 6) is 0.896. The first kappa shape index (κ1) is 10.3. The first-order valence-electron chi connectivity index (χ1n) is 4.95. The minimum atomic E-state index is 0.250. The average Bonchev–Trinajstić information content (AvgIpc) is 2.73. The van der Waals surface area contributed by atoms with Crippen LogP contribution in [-0.4, -0.2) is 28.2 Å². The summed E-state index contributed by atoms with van der Waals surface area (Å²) < 4.78 is 1.10. The number of aliphatic hydroxyl groups excluding tert-OH is 1. The van der Waals surface area contributed by atoms with Crippen molar-refractivity contribution in [2.75, 3.05) is 18.5 Å². The number of hydrogen-bond donors (Lipinski definition) is 2. The van der Waals surface area contributed by atoms with Gasteiger partial charge < -0.3 is 10.4 Å². The lowest BCUT2D eigenvalue weighted by atomic mass is 10.3. The maximum absolute atomic E-state index is 8.65. The lowest BCUT2D eigenvalue weighted by molar-refractivity contribution is 0.286. The van der Waals surface area contributed by atoms with Crippen LogP contribution in [0.15, 0.2) is 17.8 Å². The van der Waals surface area contributed by atoms with Gasteiger partial charge in [0, 0.05) is 13.2 Å². The summed E-state index contributed by atoms with van der Waals surface area (Å²) in [5, 5.41) is 13.9. The van der Waals surface area contributed by atoms with E-state index in [0.29, 0.717) is 0 Å². The second-order valence-electron chi connectivity index (χ2n) is 3.21. The van der Waals surface area contributed by atoms with Gasteiger partial charge in [0.25, 0.3) is 0 Å². The third kappa shape index (κ3) is 2.43. The van der Waals surface area contributed by atoms with Gasteiger partial charge in [-0.25, -0.2) is 9.97 Å². The average molecular weight is 223 g/mol. The fraction of sp³-hybridized carbons (Fsp3) is 0.400. The van der Waals surface area contributed by atoms with Gasteiger partial charge in [0.05, 0.1) is 10.2 Å². The van der Waals surface area contributed by atoms with E-state index in [4.69, 9.17) is 5.11 Å². The summed E-state index contributed by atoms with van der Waals surface area (Å²) in [6.07, 6.45) is 3.35. The van der Waals surface area contributed by atoms with Crippen molar-refractivity contribution in [3.8, 4) is 0 Å². The monoisotopic (exact) mass is 223 g/mol. The fourth-order valence-corrected chi connectivity index (χ4v) is 2.17. The molecule has 0 aliphatic heterocycles. The van der Waals surface area contributed by atoms with Gasteiger partial charge in [0.15, 0.2) is 0 Å². The van der Waals surface area contributed by atoms with Crippen LogP contribution in [-0.2, 0) is 0 Å². The number of anilines is 1. The molecule has 4 nitrogen and oxygen atoms in total. The molecule has 0 saturated carbocycles. The number of unbranched alkanes of at least 4 members (excludes halogenated alkanes) is 1. The molecule has 0 aromatic carbocycles. The Morgan fingerprint density at radius 2 is 2.27 bits per heavy atom. The molecule has 2 rings (SSSR count). The van der Waals surface area contributed by atoms with Crippen LogP contribution in [0.2, 0.25) is 0 Å². The first-order chi connectivity index (χ1) is 7.42. The molecule has 0 aliphatic carbocycles. The molecule has 0 radical (unpaired) electrons. The van der Waals surface area contributed by atoms with E-state index in [2.05, 4.69) is 15.3 Å². The Hall–Kier alpha value is -1.20. The SMILES string of the molecule is OCCCCNc1ncnc2ccsc12. The first-order valence-corrected chi connectivity index (χ1v) is 5.82. The van der Waals surface area contributed by atoms with E-state index in [1.165, 1.54) is 0 Å². The van der Waals surface area contributed by atoms with E-state index in [0.717, 1.165) is 35.4 Å². The highest BCUT2D eigenvalue weighted by Crippen LogP contribution is 2.24. The van der Waals surface area contributed by atoms with Gasteiger partial charge in [0.1, 0.15) is 12.1 Å². The third-order valence-electron chi connectivity index (χ3n) is 2.12. The Morgan fingerprint density at radius 3 is 3.13 bits per heavy atom. The lowest BCUT2D eigenvalue weighted by Gasteiger charge is -2.04. The van der Waals surface area contributed by atoms with Crippen LogP contribution in [0.1, 0.15) is 12.8 Å². The van der Waals surface area contributed by atoms with Crippen molar-refractivity contribution in [1.82, 2.24) is 9.97 Å². The Morgan fingerprint density at radius 1 is 1.33 bits per heavy atom. The van der Waals surface area contributed by atoms with E-state index in [1.807, 2.05) is 11.4 Å². The van der Waals surface area contributed by atoms with Crippen LogP contribution in [0.25, 0.3) is 10.2 Å². The molecule has 2 aromatic heterocycles. The van der Waals surface area contributed by atoms with Gasteiger partial charge in [-0.3, -0.25) is 0 Å². The fourth-order valence-electron chi connectivity index (χ4n) is 1.36. The van der Waals surface area contributed by atoms with Crippen molar-refractivity contribution in [2.24, 2.45) is 0 Å². The summed E-state index contributed by atoms with van der Waals surface area (Å²) in [5.41, 5.74) is 0.986. The zero-order valence-electron chi connectivity index (χ0n) is 8.31. The molecule has 2 N–H and O–H groups in total. The molecule has 15 heavy (non-hydrogen) atoms. The topological polar surface area (TPSA) is 58.0 Å². The lowest BCUT2D eigenvalue weighted by Crippen LogP contribution is -2.04. The minimum absolute atomic E-state index is 0.250. The van der Waals surface area contributed by atoms with Gasteiger partial charge in [0.2, 0.25) is 0 Å². The van der Waals surface area contributed by atoms with Gasteiger partial charge >= 0.3 is 0 Å². The van der Waals surface area contributed by atoms with E-state index in [9.17, 15) is 0 Å². The quantitative estimate of drug-likeness (QED) is 0.760. The molecule has 0 bridgehead atoms. The summed E-state index contributed by atoms with van der Waals surface area (Å²) in [4.78, 5) is 8.37. The Balaban J connectivity index is 2.04. The third-order valence-corrected chi connectivity index (χ3v) is 3.03. The number of nitrogens with one attached hydrogen (secondary N) is 1. The van der Waals surface area contributed by atoms with E-state index in [-0.39, 0.29) is 6.61 Å². The van der Waals surface area contributed by atoms with Crippen LogP contribution < -0.4 is 5.32 Å². The molecular formula is C10H13N3OS. The van der Waals surface area contributed by atoms with Crippen LogP contribution in [0.5, 0.6) is 0 Å². The van der Waals surface area contributed by atoms with Crippen LogP contribution in [0.4, 0.5) is 5.82 Å². The number of hydrogen-bond acceptors (Lipinski definition) is 5. The summed E-state index contributed by atoms with van der Waals surface area (Å²) in [6, 6.07) is 1.99. The molecule has 0 fully saturated rings. The molecule has 0 amide bonds. The molecular weight excluding hydrogens is 210 g/mol. The summed E-state index contributed by atoms with van der Waals surface area (Å²) >= 11 is 1.64. The number of rotatable bonds is 5. The number of nitrogens with zero attached hydrogens (tertiary/aromatic N) is 2. The normalized spacial score (nSPS) is 10.7. The van der Waals surface area contributed by atoms with Crippen LogP contribution in [0.3, 0.4) is 0 Å². The standard InChI is InChI=1S/C10H13N3OS/c14-5-2-1-4-11-10-9-8(3-6-15-9)12-7-13-10/h3,6-7,14H,1-2,4-5H2,(H,11,12,13). The zero-order valence-corrected chi connectivity index (χ0v) is 9.13. The molecule has 2 heterocycles. The highest BCUT2D eigenvalue weighted by Gasteiger charge is 2.03. The highest BCUT2D eigenvalue weighted by atomic mass is 32.1. The zero-order chi connectivity index (χ0) is 10.5. The van der Waals surface area contributed by atoms with Gasteiger partial charge in [-0.2, -0.15) is 0 Å². The Kier molecular flexibility index (Phi) is 3.47. The van der Waals surface area contributed by atoms with Gasteiger partial charge in [-0.15, -0.1) is 11.3 Å². The smallest absolute Gasteiger partial charge is 0.147 e. The molecule has 0 saturated heterocycles. The molecule has 0 unspecified atom stereocenters. The molecule has 2 aromatic rings. The molecule has 0 aliphatic rings. The molecule has 0 spiro atoms. The van der Waals surface area contributed by atoms with Crippen LogP contribution in [0, 0.1) is 0 Å². The second-order valence-corrected chi connectivity index (χ2v) is 4.13. The second kappa shape index (κ2) is 5.04. The van der Waals surface area contributed by atoms with E-state index < -0.39 is 0 Å².